The molecule has 0 atom stereocenters. The highest BCUT2D eigenvalue weighted by Crippen LogP contribution is 2.12. The van der Waals surface area contributed by atoms with Crippen LogP contribution >= 0.6 is 0 Å². The standard InChI is InChI=1S/C14H13NO3S/c1-19(17,18)13-7-5-11(6-8-13)14(16)10-12-4-2-3-9-15-12/h2-9H,10H2,1H3. The van der Waals surface area contributed by atoms with Crippen molar-refractivity contribution >= 4 is 15.6 Å². The summed E-state index contributed by atoms with van der Waals surface area (Å²) < 4.78 is 22.6. The number of hydrogen-bond donors (Lipinski definition) is 0. The largest absolute Gasteiger partial charge is 0.294 e. The van der Waals surface area contributed by atoms with Crippen molar-refractivity contribution in [2.24, 2.45) is 0 Å². The summed E-state index contributed by atoms with van der Waals surface area (Å²) in [6.07, 6.45) is 2.98. The zero-order chi connectivity index (χ0) is 13.9. The number of Topliss-reactive ketones (excluding diaryl/α,β-unsaturated/α-hetero) is 1. The average molecular weight is 275 g/mol. The molecule has 0 spiro atoms. The zero-order valence-electron chi connectivity index (χ0n) is 10.4. The second kappa shape index (κ2) is 5.32. The van der Waals surface area contributed by atoms with Crippen LogP contribution in [0.3, 0.4) is 0 Å². The van der Waals surface area contributed by atoms with Gasteiger partial charge in [0.05, 0.1) is 11.3 Å². The van der Waals surface area contributed by atoms with E-state index in [1.54, 1.807) is 18.3 Å². The number of aromatic nitrogens is 1. The lowest BCUT2D eigenvalue weighted by atomic mass is 10.1. The first kappa shape index (κ1) is 13.4. The lowest BCUT2D eigenvalue weighted by Crippen LogP contribution is -2.05. The first-order valence-electron chi connectivity index (χ1n) is 5.70. The monoisotopic (exact) mass is 275 g/mol. The fourth-order valence-electron chi connectivity index (χ4n) is 1.66. The van der Waals surface area contributed by atoms with Crippen LogP contribution in [0.5, 0.6) is 0 Å². The summed E-state index contributed by atoms with van der Waals surface area (Å²) in [5.74, 6) is -0.0845. The highest BCUT2D eigenvalue weighted by molar-refractivity contribution is 7.90. The average Bonchev–Trinajstić information content (AvgIpc) is 2.39. The van der Waals surface area contributed by atoms with Gasteiger partial charge in [0.15, 0.2) is 15.6 Å². The fourth-order valence-corrected chi connectivity index (χ4v) is 2.29. The summed E-state index contributed by atoms with van der Waals surface area (Å²) in [4.78, 5) is 16.3. The van der Waals surface area contributed by atoms with Gasteiger partial charge in [0.1, 0.15) is 0 Å². The molecule has 5 heteroatoms. The Hall–Kier alpha value is -2.01. The molecule has 0 fully saturated rings. The lowest BCUT2D eigenvalue weighted by molar-refractivity contribution is 0.0992. The van der Waals surface area contributed by atoms with Crippen LogP contribution in [-0.2, 0) is 16.3 Å². The first-order chi connectivity index (χ1) is 8.97. The topological polar surface area (TPSA) is 64.1 Å². The van der Waals surface area contributed by atoms with Crippen molar-refractivity contribution < 1.29 is 13.2 Å². The van der Waals surface area contributed by atoms with Gasteiger partial charge in [0.25, 0.3) is 0 Å². The summed E-state index contributed by atoms with van der Waals surface area (Å²) >= 11 is 0. The van der Waals surface area contributed by atoms with Crippen LogP contribution in [0.4, 0.5) is 0 Å². The molecule has 98 valence electrons. The maximum Gasteiger partial charge on any atom is 0.175 e. The van der Waals surface area contributed by atoms with Crippen molar-refractivity contribution in [2.75, 3.05) is 6.26 Å². The Balaban J connectivity index is 2.17. The predicted octanol–water partition coefficient (Wildman–Crippen LogP) is 1.91. The van der Waals surface area contributed by atoms with Gasteiger partial charge in [-0.05, 0) is 24.3 Å². The van der Waals surface area contributed by atoms with Gasteiger partial charge in [-0.3, -0.25) is 9.78 Å². The number of rotatable bonds is 4. The van der Waals surface area contributed by atoms with E-state index < -0.39 is 9.84 Å². The third-order valence-electron chi connectivity index (χ3n) is 2.67. The molecular weight excluding hydrogens is 262 g/mol. The SMILES string of the molecule is CS(=O)(=O)c1ccc(C(=O)Cc2ccccn2)cc1. The van der Waals surface area contributed by atoms with Gasteiger partial charge in [-0.2, -0.15) is 0 Å². The molecular formula is C14H13NO3S. The van der Waals surface area contributed by atoms with Gasteiger partial charge in [-0.1, -0.05) is 18.2 Å². The molecule has 0 aliphatic rings. The Kier molecular flexibility index (Phi) is 3.76. The van der Waals surface area contributed by atoms with E-state index in [1.165, 1.54) is 24.3 Å². The van der Waals surface area contributed by atoms with Crippen molar-refractivity contribution in [3.05, 3.63) is 59.9 Å². The smallest absolute Gasteiger partial charge is 0.175 e. The van der Waals surface area contributed by atoms with Crippen LogP contribution < -0.4 is 0 Å². The van der Waals surface area contributed by atoms with Crippen LogP contribution in [0.15, 0.2) is 53.6 Å². The van der Waals surface area contributed by atoms with Gasteiger partial charge in [0.2, 0.25) is 0 Å². The van der Waals surface area contributed by atoms with Crippen LogP contribution in [0.1, 0.15) is 16.1 Å². The molecule has 1 aromatic carbocycles. The molecule has 0 radical (unpaired) electrons. The van der Waals surface area contributed by atoms with Gasteiger partial charge in [0, 0.05) is 23.7 Å². The molecule has 0 saturated carbocycles. The highest BCUT2D eigenvalue weighted by atomic mass is 32.2. The van der Waals surface area contributed by atoms with E-state index in [9.17, 15) is 13.2 Å². The van der Waals surface area contributed by atoms with E-state index >= 15 is 0 Å². The number of nitrogens with zero attached hydrogens (tertiary/aromatic N) is 1. The molecule has 19 heavy (non-hydrogen) atoms. The predicted molar refractivity (Wildman–Crippen MR) is 71.8 cm³/mol. The number of carbonyl (C=O) groups is 1. The Morgan fingerprint density at radius 3 is 2.32 bits per heavy atom. The van der Waals surface area contributed by atoms with Gasteiger partial charge < -0.3 is 0 Å². The Morgan fingerprint density at radius 2 is 1.79 bits per heavy atom. The Labute approximate surface area is 112 Å². The van der Waals surface area contributed by atoms with Crippen molar-refractivity contribution in [1.29, 1.82) is 0 Å². The third kappa shape index (κ3) is 3.48. The minimum atomic E-state index is -3.23. The summed E-state index contributed by atoms with van der Waals surface area (Å²) in [6.45, 7) is 0. The van der Waals surface area contributed by atoms with Crippen LogP contribution in [0.25, 0.3) is 0 Å². The molecule has 0 amide bonds. The number of carbonyl (C=O) groups excluding carboxylic acids is 1. The molecule has 0 bridgehead atoms. The first-order valence-corrected chi connectivity index (χ1v) is 7.59. The molecule has 0 saturated heterocycles. The molecule has 1 aromatic heterocycles. The lowest BCUT2D eigenvalue weighted by Gasteiger charge is -2.02. The minimum absolute atomic E-state index is 0.0845. The quantitative estimate of drug-likeness (QED) is 0.800. The van der Waals surface area contributed by atoms with E-state index in [-0.39, 0.29) is 17.1 Å². The molecule has 0 aliphatic carbocycles. The van der Waals surface area contributed by atoms with Gasteiger partial charge in [-0.25, -0.2) is 8.42 Å². The van der Waals surface area contributed by atoms with E-state index in [2.05, 4.69) is 4.98 Å². The maximum absolute atomic E-state index is 12.0. The van der Waals surface area contributed by atoms with Crippen molar-refractivity contribution in [1.82, 2.24) is 4.98 Å². The second-order valence-electron chi connectivity index (χ2n) is 4.22. The Morgan fingerprint density at radius 1 is 1.11 bits per heavy atom. The molecule has 1 heterocycles. The van der Waals surface area contributed by atoms with E-state index in [0.29, 0.717) is 11.3 Å². The van der Waals surface area contributed by atoms with Gasteiger partial charge in [-0.15, -0.1) is 0 Å². The second-order valence-corrected chi connectivity index (χ2v) is 6.23. The Bertz CT molecular complexity index is 676. The van der Waals surface area contributed by atoms with Crippen molar-refractivity contribution in [2.45, 2.75) is 11.3 Å². The van der Waals surface area contributed by atoms with Crippen molar-refractivity contribution in [3.63, 3.8) is 0 Å². The van der Waals surface area contributed by atoms with Gasteiger partial charge >= 0.3 is 0 Å². The van der Waals surface area contributed by atoms with Crippen LogP contribution in [0.2, 0.25) is 0 Å². The van der Waals surface area contributed by atoms with E-state index in [4.69, 9.17) is 0 Å². The van der Waals surface area contributed by atoms with Crippen LogP contribution in [0, 0.1) is 0 Å². The molecule has 2 aromatic rings. The summed E-state index contributed by atoms with van der Waals surface area (Å²) in [6, 6.07) is 11.3. The van der Waals surface area contributed by atoms with E-state index in [1.807, 2.05) is 6.07 Å². The number of hydrogen-bond acceptors (Lipinski definition) is 4. The van der Waals surface area contributed by atoms with Crippen LogP contribution in [-0.4, -0.2) is 25.4 Å². The third-order valence-corrected chi connectivity index (χ3v) is 3.80. The number of ketones is 1. The molecule has 2 rings (SSSR count). The number of benzene rings is 1. The minimum Gasteiger partial charge on any atom is -0.294 e. The summed E-state index contributed by atoms with van der Waals surface area (Å²) in [5.41, 5.74) is 1.18. The highest BCUT2D eigenvalue weighted by Gasteiger charge is 2.10. The zero-order valence-corrected chi connectivity index (χ0v) is 11.2. The molecule has 0 unspecified atom stereocenters. The normalized spacial score (nSPS) is 11.2. The molecule has 4 nitrogen and oxygen atoms in total. The number of pyridine rings is 1. The summed E-state index contributed by atoms with van der Waals surface area (Å²) in [5, 5.41) is 0. The van der Waals surface area contributed by atoms with Crippen molar-refractivity contribution in [3.8, 4) is 0 Å². The molecule has 0 aliphatic heterocycles. The summed E-state index contributed by atoms with van der Waals surface area (Å²) in [7, 11) is -3.23. The molecule has 0 N–H and O–H groups in total. The fraction of sp³-hybridized carbons (Fsp3) is 0.143. The maximum atomic E-state index is 12.0. The number of sulfone groups is 1. The van der Waals surface area contributed by atoms with E-state index in [0.717, 1.165) is 6.26 Å².